The Morgan fingerprint density at radius 3 is 2.30 bits per heavy atom. The van der Waals surface area contributed by atoms with Crippen molar-refractivity contribution in [3.8, 4) is 0 Å². The lowest BCUT2D eigenvalue weighted by Crippen LogP contribution is -2.30. The molecule has 4 heteroatoms. The van der Waals surface area contributed by atoms with E-state index in [1.54, 1.807) is 6.21 Å². The molecular formula is C16H23FN2O. The van der Waals surface area contributed by atoms with Gasteiger partial charge in [-0.25, -0.2) is 4.39 Å². The van der Waals surface area contributed by atoms with E-state index in [4.69, 9.17) is 5.21 Å². The predicted molar refractivity (Wildman–Crippen MR) is 78.6 cm³/mol. The summed E-state index contributed by atoms with van der Waals surface area (Å²) in [6.07, 6.45) is 5.98. The maximum absolute atomic E-state index is 13.1. The van der Waals surface area contributed by atoms with Gasteiger partial charge in [0.05, 0.1) is 0 Å². The number of rotatable bonds is 4. The van der Waals surface area contributed by atoms with Gasteiger partial charge in [0.25, 0.3) is 0 Å². The van der Waals surface area contributed by atoms with Crippen molar-refractivity contribution in [2.24, 2.45) is 17.0 Å². The van der Waals surface area contributed by atoms with E-state index in [0.717, 1.165) is 25.7 Å². The Morgan fingerprint density at radius 1 is 1.20 bits per heavy atom. The van der Waals surface area contributed by atoms with Gasteiger partial charge in [0, 0.05) is 12.3 Å². The van der Waals surface area contributed by atoms with Crippen molar-refractivity contribution in [2.45, 2.75) is 31.7 Å². The minimum atomic E-state index is -0.186. The summed E-state index contributed by atoms with van der Waals surface area (Å²) in [5.74, 6) is 0.778. The lowest BCUT2D eigenvalue weighted by molar-refractivity contribution is 0.162. The van der Waals surface area contributed by atoms with Crippen LogP contribution in [-0.2, 0) is 0 Å². The Morgan fingerprint density at radius 2 is 1.80 bits per heavy atom. The van der Waals surface area contributed by atoms with E-state index in [2.05, 4.69) is 24.2 Å². The third-order valence-corrected chi connectivity index (χ3v) is 4.31. The summed E-state index contributed by atoms with van der Waals surface area (Å²) in [4.78, 5) is 2.22. The first-order chi connectivity index (χ1) is 9.61. The van der Waals surface area contributed by atoms with Crippen molar-refractivity contribution >= 4 is 6.21 Å². The van der Waals surface area contributed by atoms with Crippen molar-refractivity contribution in [3.05, 3.63) is 35.6 Å². The Balaban J connectivity index is 2.08. The van der Waals surface area contributed by atoms with E-state index in [-0.39, 0.29) is 5.82 Å². The molecule has 1 atom stereocenters. The number of hydrogen-bond donors (Lipinski definition) is 1. The normalized spacial score (nSPS) is 25.2. The first kappa shape index (κ1) is 15.0. The van der Waals surface area contributed by atoms with Crippen molar-refractivity contribution in [2.75, 3.05) is 14.1 Å². The molecule has 1 unspecified atom stereocenters. The molecule has 1 N–H and O–H groups in total. The Hall–Kier alpha value is -1.42. The van der Waals surface area contributed by atoms with E-state index in [9.17, 15) is 4.39 Å². The second kappa shape index (κ2) is 6.84. The smallest absolute Gasteiger partial charge is 0.123 e. The highest BCUT2D eigenvalue weighted by Crippen LogP contribution is 2.38. The van der Waals surface area contributed by atoms with Gasteiger partial charge in [-0.2, -0.15) is 0 Å². The fourth-order valence-corrected chi connectivity index (χ4v) is 3.36. The molecule has 3 nitrogen and oxygen atoms in total. The molecule has 20 heavy (non-hydrogen) atoms. The minimum Gasteiger partial charge on any atom is -0.411 e. The van der Waals surface area contributed by atoms with E-state index in [1.165, 1.54) is 17.7 Å². The second-order valence-electron chi connectivity index (χ2n) is 5.90. The molecule has 0 heterocycles. The molecule has 1 saturated carbocycles. The van der Waals surface area contributed by atoms with Crippen LogP contribution in [0, 0.1) is 17.7 Å². The highest BCUT2D eigenvalue weighted by atomic mass is 19.1. The van der Waals surface area contributed by atoms with E-state index in [0.29, 0.717) is 17.9 Å². The zero-order valence-corrected chi connectivity index (χ0v) is 12.2. The standard InChI is InChI=1S/C16H23FN2O/c1-19(2)16(14-7-9-15(17)10-8-14)13-5-3-12(4-6-13)11-18-20/h7-13,16,20H,3-6H2,1-2H3. The molecule has 1 aliphatic carbocycles. The molecule has 1 fully saturated rings. The van der Waals surface area contributed by atoms with E-state index in [1.807, 2.05) is 12.1 Å². The zero-order valence-electron chi connectivity index (χ0n) is 12.2. The van der Waals surface area contributed by atoms with Crippen molar-refractivity contribution in [1.82, 2.24) is 4.90 Å². The highest BCUT2D eigenvalue weighted by Gasteiger charge is 2.29. The molecule has 110 valence electrons. The summed E-state index contributed by atoms with van der Waals surface area (Å²) in [6, 6.07) is 7.18. The lowest BCUT2D eigenvalue weighted by atomic mass is 9.76. The fraction of sp³-hybridized carbons (Fsp3) is 0.562. The molecule has 2 rings (SSSR count). The maximum Gasteiger partial charge on any atom is 0.123 e. The summed E-state index contributed by atoms with van der Waals surface area (Å²) >= 11 is 0. The molecule has 0 saturated heterocycles. The average Bonchev–Trinajstić information content (AvgIpc) is 2.43. The molecule has 0 radical (unpaired) electrons. The third-order valence-electron chi connectivity index (χ3n) is 4.31. The second-order valence-corrected chi connectivity index (χ2v) is 5.90. The molecule has 1 aromatic rings. The van der Waals surface area contributed by atoms with Gasteiger partial charge in [-0.05, 0) is 69.3 Å². The summed E-state index contributed by atoms with van der Waals surface area (Å²) in [5.41, 5.74) is 1.18. The van der Waals surface area contributed by atoms with Crippen LogP contribution >= 0.6 is 0 Å². The van der Waals surface area contributed by atoms with Crippen LogP contribution in [-0.4, -0.2) is 30.4 Å². The average molecular weight is 278 g/mol. The van der Waals surface area contributed by atoms with Gasteiger partial charge in [-0.1, -0.05) is 12.1 Å². The van der Waals surface area contributed by atoms with Crippen molar-refractivity contribution < 1.29 is 9.60 Å². The number of halogens is 1. The predicted octanol–water partition coefficient (Wildman–Crippen LogP) is 3.69. The zero-order chi connectivity index (χ0) is 14.5. The van der Waals surface area contributed by atoms with Crippen LogP contribution in [0.2, 0.25) is 0 Å². The molecule has 0 amide bonds. The topological polar surface area (TPSA) is 35.8 Å². The van der Waals surface area contributed by atoms with E-state index >= 15 is 0 Å². The van der Waals surface area contributed by atoms with Gasteiger partial charge in [0.1, 0.15) is 5.82 Å². The van der Waals surface area contributed by atoms with Crippen LogP contribution in [0.25, 0.3) is 0 Å². The van der Waals surface area contributed by atoms with Crippen LogP contribution in [0.1, 0.15) is 37.3 Å². The molecule has 0 aromatic heterocycles. The highest BCUT2D eigenvalue weighted by molar-refractivity contribution is 5.59. The molecular weight excluding hydrogens is 255 g/mol. The van der Waals surface area contributed by atoms with Crippen LogP contribution in [0.15, 0.2) is 29.4 Å². The summed E-state index contributed by atoms with van der Waals surface area (Å²) in [6.45, 7) is 0. The first-order valence-electron chi connectivity index (χ1n) is 7.21. The number of nitrogens with zero attached hydrogens (tertiary/aromatic N) is 2. The van der Waals surface area contributed by atoms with Gasteiger partial charge in [0.2, 0.25) is 0 Å². The summed E-state index contributed by atoms with van der Waals surface area (Å²) < 4.78 is 13.1. The largest absolute Gasteiger partial charge is 0.411 e. The maximum atomic E-state index is 13.1. The SMILES string of the molecule is CN(C)C(c1ccc(F)cc1)C1CCC(C=NO)CC1. The first-order valence-corrected chi connectivity index (χ1v) is 7.21. The van der Waals surface area contributed by atoms with Gasteiger partial charge >= 0.3 is 0 Å². The number of benzene rings is 1. The number of oxime groups is 1. The summed E-state index contributed by atoms with van der Waals surface area (Å²) in [5, 5.41) is 11.8. The van der Waals surface area contributed by atoms with E-state index < -0.39 is 0 Å². The molecule has 1 aliphatic rings. The van der Waals surface area contributed by atoms with Crippen LogP contribution in [0.4, 0.5) is 4.39 Å². The quantitative estimate of drug-likeness (QED) is 0.518. The van der Waals surface area contributed by atoms with Crippen LogP contribution in [0.3, 0.4) is 0 Å². The van der Waals surface area contributed by atoms with Crippen LogP contribution in [0.5, 0.6) is 0 Å². The molecule has 0 spiro atoms. The van der Waals surface area contributed by atoms with Gasteiger partial charge in [-0.15, -0.1) is 5.16 Å². The summed E-state index contributed by atoms with van der Waals surface area (Å²) in [7, 11) is 4.16. The molecule has 0 bridgehead atoms. The molecule has 0 aliphatic heterocycles. The van der Waals surface area contributed by atoms with Crippen LogP contribution < -0.4 is 0 Å². The minimum absolute atomic E-state index is 0.186. The Labute approximate surface area is 120 Å². The molecule has 1 aromatic carbocycles. The van der Waals surface area contributed by atoms with Crippen molar-refractivity contribution in [1.29, 1.82) is 0 Å². The number of hydrogen-bond acceptors (Lipinski definition) is 3. The fourth-order valence-electron chi connectivity index (χ4n) is 3.36. The monoisotopic (exact) mass is 278 g/mol. The van der Waals surface area contributed by atoms with Gasteiger partial charge in [0.15, 0.2) is 0 Å². The van der Waals surface area contributed by atoms with Crippen molar-refractivity contribution in [3.63, 3.8) is 0 Å². The van der Waals surface area contributed by atoms with Gasteiger partial charge in [-0.3, -0.25) is 0 Å². The lowest BCUT2D eigenvalue weighted by Gasteiger charge is -2.36. The Bertz CT molecular complexity index is 436. The third kappa shape index (κ3) is 3.57. The Kier molecular flexibility index (Phi) is 5.12. The van der Waals surface area contributed by atoms with Gasteiger partial charge < -0.3 is 10.1 Å².